The molecule has 0 radical (unpaired) electrons. The highest BCUT2D eigenvalue weighted by molar-refractivity contribution is 5.79. The van der Waals surface area contributed by atoms with Crippen LogP contribution < -0.4 is 5.32 Å². The van der Waals surface area contributed by atoms with Gasteiger partial charge in [-0.05, 0) is 44.1 Å². The van der Waals surface area contributed by atoms with Crippen LogP contribution in [0.3, 0.4) is 0 Å². The van der Waals surface area contributed by atoms with Crippen molar-refractivity contribution < 1.29 is 14.6 Å². The van der Waals surface area contributed by atoms with Gasteiger partial charge in [0.05, 0.1) is 0 Å². The quantitative estimate of drug-likeness (QED) is 0.784. The molecular formula is C16H28N2O3. The van der Waals surface area contributed by atoms with Crippen LogP contribution in [0, 0.1) is 17.3 Å². The van der Waals surface area contributed by atoms with Crippen LogP contribution in [0.25, 0.3) is 0 Å². The lowest BCUT2D eigenvalue weighted by Crippen LogP contribution is -2.54. The average Bonchev–Trinajstić information content (AvgIpc) is 2.56. The van der Waals surface area contributed by atoms with Crippen molar-refractivity contribution in [2.45, 2.75) is 32.1 Å². The number of nitrogens with one attached hydrogen (secondary N) is 1. The van der Waals surface area contributed by atoms with Crippen LogP contribution in [-0.2, 0) is 9.53 Å². The molecule has 0 aromatic carbocycles. The third-order valence-corrected chi connectivity index (χ3v) is 5.92. The first kappa shape index (κ1) is 15.3. The van der Waals surface area contributed by atoms with E-state index in [2.05, 4.69) is 10.2 Å². The molecule has 5 nitrogen and oxygen atoms in total. The Bertz CT molecular complexity index is 361. The molecule has 21 heavy (non-hydrogen) atoms. The van der Waals surface area contributed by atoms with Crippen molar-refractivity contribution in [1.29, 1.82) is 0 Å². The Labute approximate surface area is 127 Å². The fraction of sp³-hybridized carbons (Fsp3) is 0.938. The van der Waals surface area contributed by atoms with Gasteiger partial charge in [-0.1, -0.05) is 0 Å². The molecule has 1 spiro atoms. The molecule has 0 aromatic heterocycles. The Balaban J connectivity index is 1.57. The number of likely N-dealkylation sites (tertiary alicyclic amines) is 1. The summed E-state index contributed by atoms with van der Waals surface area (Å²) in [4.78, 5) is 14.7. The standard InChI is InChI=1S/C16H28N2O3/c19-12-14-11-17-6-3-16(14)4-7-18(8-5-16)15(20)13-1-9-21-10-2-13/h13-14,17,19H,1-12H2/t14-/m0/s1. The van der Waals surface area contributed by atoms with Crippen molar-refractivity contribution in [3.8, 4) is 0 Å². The lowest BCUT2D eigenvalue weighted by Gasteiger charge is -2.49. The normalized spacial score (nSPS) is 30.5. The van der Waals surface area contributed by atoms with E-state index in [4.69, 9.17) is 4.74 Å². The summed E-state index contributed by atoms with van der Waals surface area (Å²) in [6.45, 7) is 5.42. The Kier molecular flexibility index (Phi) is 4.82. The fourth-order valence-corrected chi connectivity index (χ4v) is 4.33. The number of aliphatic hydroxyl groups excluding tert-OH is 1. The zero-order chi connectivity index (χ0) is 14.7. The number of hydrogen-bond donors (Lipinski definition) is 2. The molecule has 3 heterocycles. The third-order valence-electron chi connectivity index (χ3n) is 5.92. The Morgan fingerprint density at radius 1 is 1.24 bits per heavy atom. The monoisotopic (exact) mass is 296 g/mol. The van der Waals surface area contributed by atoms with E-state index in [-0.39, 0.29) is 17.9 Å². The molecule has 3 aliphatic heterocycles. The predicted molar refractivity (Wildman–Crippen MR) is 79.9 cm³/mol. The summed E-state index contributed by atoms with van der Waals surface area (Å²) in [5.41, 5.74) is 0.256. The van der Waals surface area contributed by atoms with Gasteiger partial charge in [-0.3, -0.25) is 4.79 Å². The van der Waals surface area contributed by atoms with Crippen LogP contribution in [0.4, 0.5) is 0 Å². The van der Waals surface area contributed by atoms with Crippen LogP contribution >= 0.6 is 0 Å². The molecule has 0 saturated carbocycles. The molecule has 0 aromatic rings. The van der Waals surface area contributed by atoms with E-state index < -0.39 is 0 Å². The van der Waals surface area contributed by atoms with Gasteiger partial charge in [-0.2, -0.15) is 0 Å². The SMILES string of the molecule is O=C(C1CCOCC1)N1CCC2(CCNC[C@H]2CO)CC1. The Hall–Kier alpha value is -0.650. The molecule has 3 saturated heterocycles. The minimum Gasteiger partial charge on any atom is -0.396 e. The molecule has 1 atom stereocenters. The maximum absolute atomic E-state index is 12.6. The van der Waals surface area contributed by atoms with Gasteiger partial charge in [-0.15, -0.1) is 0 Å². The lowest BCUT2D eigenvalue weighted by atomic mass is 9.65. The van der Waals surface area contributed by atoms with Gasteiger partial charge in [0.2, 0.25) is 5.91 Å². The summed E-state index contributed by atoms with van der Waals surface area (Å²) in [5, 5.41) is 13.0. The van der Waals surface area contributed by atoms with Gasteiger partial charge >= 0.3 is 0 Å². The van der Waals surface area contributed by atoms with E-state index in [1.165, 1.54) is 0 Å². The third kappa shape index (κ3) is 3.10. The van der Waals surface area contributed by atoms with Gasteiger partial charge in [0.25, 0.3) is 0 Å². The maximum atomic E-state index is 12.6. The van der Waals surface area contributed by atoms with Crippen LogP contribution in [0.1, 0.15) is 32.1 Å². The van der Waals surface area contributed by atoms with E-state index in [1.807, 2.05) is 0 Å². The summed E-state index contributed by atoms with van der Waals surface area (Å²) in [6.07, 6.45) is 4.99. The number of rotatable bonds is 2. The second-order valence-electron chi connectivity index (χ2n) is 6.91. The number of hydrogen-bond acceptors (Lipinski definition) is 4. The van der Waals surface area contributed by atoms with Gasteiger partial charge in [0, 0.05) is 51.3 Å². The first-order chi connectivity index (χ1) is 10.2. The van der Waals surface area contributed by atoms with Gasteiger partial charge in [0.15, 0.2) is 0 Å². The highest BCUT2D eigenvalue weighted by atomic mass is 16.5. The average molecular weight is 296 g/mol. The summed E-state index contributed by atoms with van der Waals surface area (Å²) in [7, 11) is 0. The largest absolute Gasteiger partial charge is 0.396 e. The summed E-state index contributed by atoms with van der Waals surface area (Å²) in [5.74, 6) is 0.865. The van der Waals surface area contributed by atoms with E-state index in [1.54, 1.807) is 0 Å². The second kappa shape index (κ2) is 6.63. The fourth-order valence-electron chi connectivity index (χ4n) is 4.33. The van der Waals surface area contributed by atoms with E-state index in [0.29, 0.717) is 11.8 Å². The van der Waals surface area contributed by atoms with Crippen molar-refractivity contribution in [3.05, 3.63) is 0 Å². The number of amides is 1. The number of aliphatic hydroxyl groups is 1. The van der Waals surface area contributed by atoms with Crippen LogP contribution in [0.15, 0.2) is 0 Å². The number of nitrogens with zero attached hydrogens (tertiary/aromatic N) is 1. The molecule has 0 aliphatic carbocycles. The highest BCUT2D eigenvalue weighted by Crippen LogP contribution is 2.43. The predicted octanol–water partition coefficient (Wildman–Crippen LogP) is 0.624. The van der Waals surface area contributed by atoms with Crippen molar-refractivity contribution >= 4 is 5.91 Å². The number of carbonyl (C=O) groups excluding carboxylic acids is 1. The Morgan fingerprint density at radius 2 is 1.95 bits per heavy atom. The van der Waals surface area contributed by atoms with Crippen LogP contribution in [-0.4, -0.2) is 61.9 Å². The number of ether oxygens (including phenoxy) is 1. The van der Waals surface area contributed by atoms with Gasteiger partial charge < -0.3 is 20.1 Å². The second-order valence-corrected chi connectivity index (χ2v) is 6.91. The number of carbonyl (C=O) groups is 1. The van der Waals surface area contributed by atoms with Crippen molar-refractivity contribution in [1.82, 2.24) is 10.2 Å². The van der Waals surface area contributed by atoms with E-state index in [9.17, 15) is 9.90 Å². The molecule has 3 fully saturated rings. The van der Waals surface area contributed by atoms with Gasteiger partial charge in [-0.25, -0.2) is 0 Å². The molecule has 0 bridgehead atoms. The first-order valence-corrected chi connectivity index (χ1v) is 8.43. The minimum absolute atomic E-state index is 0.175. The van der Waals surface area contributed by atoms with E-state index >= 15 is 0 Å². The van der Waals surface area contributed by atoms with Crippen molar-refractivity contribution in [2.24, 2.45) is 17.3 Å². The maximum Gasteiger partial charge on any atom is 0.225 e. The molecule has 2 N–H and O–H groups in total. The van der Waals surface area contributed by atoms with E-state index in [0.717, 1.165) is 71.5 Å². The van der Waals surface area contributed by atoms with Crippen molar-refractivity contribution in [2.75, 3.05) is 46.0 Å². The molecule has 3 rings (SSSR count). The molecule has 120 valence electrons. The molecule has 5 heteroatoms. The molecule has 3 aliphatic rings. The lowest BCUT2D eigenvalue weighted by molar-refractivity contribution is -0.142. The zero-order valence-corrected chi connectivity index (χ0v) is 12.9. The van der Waals surface area contributed by atoms with Crippen LogP contribution in [0.2, 0.25) is 0 Å². The Morgan fingerprint density at radius 3 is 2.62 bits per heavy atom. The van der Waals surface area contributed by atoms with Gasteiger partial charge in [0.1, 0.15) is 0 Å². The smallest absolute Gasteiger partial charge is 0.225 e. The first-order valence-electron chi connectivity index (χ1n) is 8.43. The highest BCUT2D eigenvalue weighted by Gasteiger charge is 2.43. The minimum atomic E-state index is 0.175. The summed E-state index contributed by atoms with van der Waals surface area (Å²) >= 11 is 0. The molecule has 0 unspecified atom stereocenters. The molecule has 1 amide bonds. The summed E-state index contributed by atoms with van der Waals surface area (Å²) in [6, 6.07) is 0. The summed E-state index contributed by atoms with van der Waals surface area (Å²) < 4.78 is 5.35. The molecular weight excluding hydrogens is 268 g/mol. The topological polar surface area (TPSA) is 61.8 Å². The zero-order valence-electron chi connectivity index (χ0n) is 12.9. The van der Waals surface area contributed by atoms with Crippen molar-refractivity contribution in [3.63, 3.8) is 0 Å². The number of piperidine rings is 2. The van der Waals surface area contributed by atoms with Crippen LogP contribution in [0.5, 0.6) is 0 Å².